The molecule has 0 unspecified atom stereocenters. The third-order valence-electron chi connectivity index (χ3n) is 1.70. The number of esters is 1. The number of nitrogen functional groups attached to an aromatic ring is 1. The van der Waals surface area contributed by atoms with E-state index < -0.39 is 0 Å². The Bertz CT molecular complexity index is 371. The van der Waals surface area contributed by atoms with Crippen LogP contribution in [0.3, 0.4) is 0 Å². The molecule has 0 aliphatic carbocycles. The molecule has 1 heterocycles. The van der Waals surface area contributed by atoms with Crippen LogP contribution >= 0.6 is 11.3 Å². The summed E-state index contributed by atoms with van der Waals surface area (Å²) in [5.74, 6) is -0.343. The van der Waals surface area contributed by atoms with Crippen molar-refractivity contribution in [2.75, 3.05) is 12.3 Å². The summed E-state index contributed by atoms with van der Waals surface area (Å²) in [5, 5.41) is 2.21. The first-order valence-corrected chi connectivity index (χ1v) is 5.65. The minimum atomic E-state index is -0.343. The molecule has 0 saturated carbocycles. The van der Waals surface area contributed by atoms with E-state index in [-0.39, 0.29) is 5.97 Å². The largest absolute Gasteiger partial charge is 0.462 e. The predicted octanol–water partition coefficient (Wildman–Crippen LogP) is 2.08. The molecule has 0 radical (unpaired) electrons. The fourth-order valence-electron chi connectivity index (χ4n) is 1.12. The van der Waals surface area contributed by atoms with Gasteiger partial charge in [0, 0.05) is 5.38 Å². The summed E-state index contributed by atoms with van der Waals surface area (Å²) < 4.78 is 4.94. The molecule has 1 aromatic rings. The van der Waals surface area contributed by atoms with E-state index in [0.29, 0.717) is 23.0 Å². The van der Waals surface area contributed by atoms with Gasteiger partial charge in [-0.25, -0.2) is 9.78 Å². The van der Waals surface area contributed by atoms with Crippen LogP contribution in [0, 0.1) is 0 Å². The number of thiazole rings is 1. The Kier molecular flexibility index (Phi) is 4.30. The van der Waals surface area contributed by atoms with E-state index in [0.717, 1.165) is 6.42 Å². The normalized spacial score (nSPS) is 11.5. The Hall–Kier alpha value is -1.36. The van der Waals surface area contributed by atoms with Crippen molar-refractivity contribution in [1.29, 1.82) is 0 Å². The Morgan fingerprint density at radius 1 is 1.67 bits per heavy atom. The molecule has 0 aliphatic rings. The lowest BCUT2D eigenvalue weighted by Crippen LogP contribution is -2.07. The second-order valence-electron chi connectivity index (χ2n) is 2.82. The van der Waals surface area contributed by atoms with Crippen LogP contribution in [0.5, 0.6) is 0 Å². The number of ether oxygens (including phenoxy) is 1. The van der Waals surface area contributed by atoms with Crippen LogP contribution in [0.1, 0.15) is 26.0 Å². The van der Waals surface area contributed by atoms with Gasteiger partial charge < -0.3 is 10.5 Å². The third kappa shape index (κ3) is 3.06. The molecule has 0 atom stereocenters. The van der Waals surface area contributed by atoms with Crippen LogP contribution in [0.4, 0.5) is 5.13 Å². The van der Waals surface area contributed by atoms with Gasteiger partial charge in [-0.15, -0.1) is 11.3 Å². The Labute approximate surface area is 92.8 Å². The molecule has 15 heavy (non-hydrogen) atoms. The summed E-state index contributed by atoms with van der Waals surface area (Å²) in [7, 11) is 0. The molecule has 0 fully saturated rings. The highest BCUT2D eigenvalue weighted by Crippen LogP contribution is 2.20. The first-order valence-electron chi connectivity index (χ1n) is 4.77. The van der Waals surface area contributed by atoms with E-state index in [1.54, 1.807) is 18.4 Å². The topological polar surface area (TPSA) is 65.2 Å². The quantitative estimate of drug-likeness (QED) is 0.630. The molecule has 0 aromatic carbocycles. The van der Waals surface area contributed by atoms with Gasteiger partial charge in [-0.05, 0) is 13.3 Å². The van der Waals surface area contributed by atoms with E-state index in [4.69, 9.17) is 10.5 Å². The molecule has 82 valence electrons. The van der Waals surface area contributed by atoms with Gasteiger partial charge >= 0.3 is 5.97 Å². The van der Waals surface area contributed by atoms with Crippen LogP contribution in [0.25, 0.3) is 5.57 Å². The zero-order valence-electron chi connectivity index (χ0n) is 8.82. The van der Waals surface area contributed by atoms with Crippen LogP contribution in [-0.4, -0.2) is 17.6 Å². The fraction of sp³-hybridized carbons (Fsp3) is 0.400. The van der Waals surface area contributed by atoms with Gasteiger partial charge in [0.25, 0.3) is 0 Å². The molecule has 0 spiro atoms. The number of allylic oxidation sites excluding steroid dienone is 1. The van der Waals surface area contributed by atoms with Crippen molar-refractivity contribution in [3.05, 3.63) is 17.2 Å². The maximum atomic E-state index is 11.6. The fourth-order valence-corrected chi connectivity index (χ4v) is 1.68. The van der Waals surface area contributed by atoms with E-state index in [1.807, 2.05) is 6.92 Å². The first kappa shape index (κ1) is 11.7. The van der Waals surface area contributed by atoms with Gasteiger partial charge in [-0.1, -0.05) is 13.0 Å². The predicted molar refractivity (Wildman–Crippen MR) is 61.4 cm³/mol. The maximum Gasteiger partial charge on any atom is 0.340 e. The van der Waals surface area contributed by atoms with E-state index in [1.165, 1.54) is 11.3 Å². The lowest BCUT2D eigenvalue weighted by atomic mass is 10.2. The van der Waals surface area contributed by atoms with Gasteiger partial charge in [0.05, 0.1) is 17.9 Å². The van der Waals surface area contributed by atoms with E-state index in [2.05, 4.69) is 4.98 Å². The third-order valence-corrected chi connectivity index (χ3v) is 2.38. The highest BCUT2D eigenvalue weighted by atomic mass is 32.1. The van der Waals surface area contributed by atoms with Crippen molar-refractivity contribution in [1.82, 2.24) is 4.98 Å². The molecular weight excluding hydrogens is 212 g/mol. The number of anilines is 1. The number of nitrogens with zero attached hydrogens (tertiary/aromatic N) is 1. The van der Waals surface area contributed by atoms with Gasteiger partial charge in [-0.3, -0.25) is 0 Å². The highest BCUT2D eigenvalue weighted by Gasteiger charge is 2.15. The lowest BCUT2D eigenvalue weighted by molar-refractivity contribution is -0.136. The van der Waals surface area contributed by atoms with Crippen LogP contribution in [0.15, 0.2) is 11.5 Å². The number of rotatable bonds is 4. The zero-order chi connectivity index (χ0) is 11.3. The summed E-state index contributed by atoms with van der Waals surface area (Å²) in [6.45, 7) is 4.09. The molecule has 0 saturated heterocycles. The lowest BCUT2D eigenvalue weighted by Gasteiger charge is -2.03. The van der Waals surface area contributed by atoms with Crippen molar-refractivity contribution >= 4 is 28.0 Å². The Balaban J connectivity index is 2.93. The number of nitrogens with two attached hydrogens (primary N) is 1. The van der Waals surface area contributed by atoms with Crippen molar-refractivity contribution in [3.8, 4) is 0 Å². The standard InChI is InChI=1S/C10H14N2O2S/c1-3-5-7(9(13)14-4-2)8-6-15-10(11)12-8/h5-6H,3-4H2,1-2H3,(H2,11,12). The van der Waals surface area contributed by atoms with Crippen LogP contribution in [-0.2, 0) is 9.53 Å². The molecule has 5 heteroatoms. The summed E-state index contributed by atoms with van der Waals surface area (Å²) in [6.07, 6.45) is 2.55. The monoisotopic (exact) mass is 226 g/mol. The van der Waals surface area contributed by atoms with Crippen molar-refractivity contribution in [2.24, 2.45) is 0 Å². The maximum absolute atomic E-state index is 11.6. The minimum Gasteiger partial charge on any atom is -0.462 e. The molecular formula is C10H14N2O2S. The number of carbonyl (C=O) groups is 1. The zero-order valence-corrected chi connectivity index (χ0v) is 9.63. The summed E-state index contributed by atoms with van der Waals surface area (Å²) in [5.41, 5.74) is 6.60. The summed E-state index contributed by atoms with van der Waals surface area (Å²) in [6, 6.07) is 0. The second-order valence-corrected chi connectivity index (χ2v) is 3.71. The molecule has 1 rings (SSSR count). The van der Waals surface area contributed by atoms with E-state index >= 15 is 0 Å². The molecule has 2 N–H and O–H groups in total. The average Bonchev–Trinajstić information content (AvgIpc) is 2.61. The average molecular weight is 226 g/mol. The minimum absolute atomic E-state index is 0.343. The van der Waals surface area contributed by atoms with Crippen molar-refractivity contribution in [3.63, 3.8) is 0 Å². The summed E-state index contributed by atoms with van der Waals surface area (Å²) in [4.78, 5) is 15.6. The van der Waals surface area contributed by atoms with Crippen LogP contribution < -0.4 is 5.73 Å². The van der Waals surface area contributed by atoms with Gasteiger partial charge in [0.2, 0.25) is 0 Å². The molecule has 1 aromatic heterocycles. The second kappa shape index (κ2) is 5.50. The number of hydrogen-bond donors (Lipinski definition) is 1. The van der Waals surface area contributed by atoms with Gasteiger partial charge in [0.15, 0.2) is 5.13 Å². The van der Waals surface area contributed by atoms with Crippen molar-refractivity contribution in [2.45, 2.75) is 20.3 Å². The summed E-state index contributed by atoms with van der Waals surface area (Å²) >= 11 is 1.31. The van der Waals surface area contributed by atoms with Crippen molar-refractivity contribution < 1.29 is 9.53 Å². The number of aromatic nitrogens is 1. The Morgan fingerprint density at radius 3 is 2.87 bits per heavy atom. The van der Waals surface area contributed by atoms with Gasteiger partial charge in [-0.2, -0.15) is 0 Å². The Morgan fingerprint density at radius 2 is 2.40 bits per heavy atom. The number of hydrogen-bond acceptors (Lipinski definition) is 5. The SMILES string of the molecule is CCC=C(C(=O)OCC)c1csc(N)n1. The van der Waals surface area contributed by atoms with Crippen LogP contribution in [0.2, 0.25) is 0 Å². The molecule has 0 amide bonds. The molecule has 0 bridgehead atoms. The molecule has 0 aliphatic heterocycles. The first-order chi connectivity index (χ1) is 7.19. The molecule has 4 nitrogen and oxygen atoms in total. The smallest absolute Gasteiger partial charge is 0.340 e. The highest BCUT2D eigenvalue weighted by molar-refractivity contribution is 7.13. The number of carbonyl (C=O) groups excluding carboxylic acids is 1. The van der Waals surface area contributed by atoms with E-state index in [9.17, 15) is 4.79 Å². The van der Waals surface area contributed by atoms with Gasteiger partial charge in [0.1, 0.15) is 0 Å².